The Hall–Kier alpha value is -2.78. The first-order valence-electron chi connectivity index (χ1n) is 11.9. The number of halogens is 1. The molecular weight excluding hydrogens is 469 g/mol. The maximum Gasteiger partial charge on any atom is 0.248 e. The topological polar surface area (TPSA) is 101 Å². The van der Waals surface area contributed by atoms with Gasteiger partial charge in [-0.05, 0) is 67.0 Å². The molecule has 2 aliphatic heterocycles. The van der Waals surface area contributed by atoms with E-state index in [0.29, 0.717) is 42.2 Å². The Labute approximate surface area is 206 Å². The molecule has 35 heavy (non-hydrogen) atoms. The number of rotatable bonds is 9. The van der Waals surface area contributed by atoms with Gasteiger partial charge in [-0.1, -0.05) is 24.3 Å². The van der Waals surface area contributed by atoms with Crippen LogP contribution in [0.15, 0.2) is 48.5 Å². The highest BCUT2D eigenvalue weighted by molar-refractivity contribution is 7.91. The van der Waals surface area contributed by atoms with Crippen LogP contribution in [-0.4, -0.2) is 67.2 Å². The number of primary amides is 1. The number of piperidine rings is 1. The molecule has 0 saturated carbocycles. The number of hydrogen-bond acceptors (Lipinski definition) is 5. The van der Waals surface area contributed by atoms with Gasteiger partial charge < -0.3 is 10.6 Å². The summed E-state index contributed by atoms with van der Waals surface area (Å²) in [5.74, 6) is -1.50. The molecule has 4 rings (SSSR count). The number of amides is 2. The van der Waals surface area contributed by atoms with Crippen molar-refractivity contribution in [3.63, 3.8) is 0 Å². The van der Waals surface area contributed by atoms with Crippen LogP contribution in [0.2, 0.25) is 0 Å². The van der Waals surface area contributed by atoms with Crippen LogP contribution in [0.3, 0.4) is 0 Å². The Kier molecular flexibility index (Phi) is 7.56. The zero-order chi connectivity index (χ0) is 25.2. The van der Waals surface area contributed by atoms with Gasteiger partial charge in [-0.25, -0.2) is 12.8 Å². The van der Waals surface area contributed by atoms with Crippen molar-refractivity contribution in [3.8, 4) is 0 Å². The maximum absolute atomic E-state index is 13.7. The normalized spacial score (nSPS) is 22.2. The van der Waals surface area contributed by atoms with Crippen LogP contribution in [0.1, 0.15) is 53.1 Å². The quantitative estimate of drug-likeness (QED) is 0.569. The van der Waals surface area contributed by atoms with Crippen molar-refractivity contribution >= 4 is 21.7 Å². The summed E-state index contributed by atoms with van der Waals surface area (Å²) in [5, 5.41) is 0. The lowest BCUT2D eigenvalue weighted by atomic mass is 9.84. The fourth-order valence-corrected chi connectivity index (χ4v) is 6.19. The molecule has 0 aliphatic carbocycles. The van der Waals surface area contributed by atoms with E-state index in [9.17, 15) is 22.4 Å². The second kappa shape index (κ2) is 10.5. The number of carbonyl (C=O) groups excluding carboxylic acids is 2. The van der Waals surface area contributed by atoms with Crippen molar-refractivity contribution in [1.82, 2.24) is 9.80 Å². The van der Waals surface area contributed by atoms with E-state index < -0.39 is 33.2 Å². The second-order valence-electron chi connectivity index (χ2n) is 9.80. The molecule has 2 fully saturated rings. The van der Waals surface area contributed by atoms with Crippen molar-refractivity contribution in [2.45, 2.75) is 50.2 Å². The highest BCUT2D eigenvalue weighted by Gasteiger charge is 2.41. The molecule has 188 valence electrons. The fraction of sp³-hybridized carbons (Fsp3) is 0.462. The van der Waals surface area contributed by atoms with Crippen LogP contribution in [0.5, 0.6) is 0 Å². The van der Waals surface area contributed by atoms with Gasteiger partial charge in [-0.15, -0.1) is 0 Å². The number of benzene rings is 2. The molecule has 2 amide bonds. The Balaban J connectivity index is 1.44. The lowest BCUT2D eigenvalue weighted by molar-refractivity contribution is -0.129. The summed E-state index contributed by atoms with van der Waals surface area (Å²) >= 11 is 0. The van der Waals surface area contributed by atoms with Gasteiger partial charge in [0.25, 0.3) is 0 Å². The van der Waals surface area contributed by atoms with Crippen LogP contribution < -0.4 is 5.73 Å². The van der Waals surface area contributed by atoms with Gasteiger partial charge in [0.2, 0.25) is 11.8 Å². The van der Waals surface area contributed by atoms with Crippen molar-refractivity contribution in [2.24, 2.45) is 5.73 Å². The molecule has 3 atom stereocenters. The molecule has 2 bridgehead atoms. The number of nitrogens with two attached hydrogens (primary N) is 1. The van der Waals surface area contributed by atoms with E-state index in [-0.39, 0.29) is 6.54 Å². The van der Waals surface area contributed by atoms with Gasteiger partial charge in [0.15, 0.2) is 9.84 Å². The Bertz CT molecular complexity index is 1190. The van der Waals surface area contributed by atoms with Gasteiger partial charge in [-0.2, -0.15) is 0 Å². The van der Waals surface area contributed by atoms with Gasteiger partial charge >= 0.3 is 0 Å². The summed E-state index contributed by atoms with van der Waals surface area (Å²) < 4.78 is 37.2. The molecule has 9 heteroatoms. The molecule has 7 nitrogen and oxygen atoms in total. The Morgan fingerprint density at radius 3 is 2.40 bits per heavy atom. The molecular formula is C26H32FN3O4S. The van der Waals surface area contributed by atoms with E-state index in [2.05, 4.69) is 11.0 Å². The summed E-state index contributed by atoms with van der Waals surface area (Å²) in [6.07, 6.45) is 5.10. The number of carbonyl (C=O) groups is 2. The molecule has 2 aromatic carbocycles. The van der Waals surface area contributed by atoms with E-state index in [1.54, 1.807) is 18.2 Å². The minimum absolute atomic E-state index is 0.165. The summed E-state index contributed by atoms with van der Waals surface area (Å²) in [7, 11) is -3.48. The van der Waals surface area contributed by atoms with Crippen molar-refractivity contribution in [3.05, 3.63) is 71.0 Å². The maximum atomic E-state index is 13.7. The molecule has 2 heterocycles. The molecule has 2 aliphatic rings. The van der Waals surface area contributed by atoms with Crippen LogP contribution in [-0.2, 0) is 21.2 Å². The third-order valence-electron chi connectivity index (χ3n) is 7.16. The molecule has 2 saturated heterocycles. The fourth-order valence-electron chi connectivity index (χ4n) is 5.56. The lowest BCUT2D eigenvalue weighted by Gasteiger charge is -2.40. The number of hydrogen-bond donors (Lipinski definition) is 1. The van der Waals surface area contributed by atoms with Crippen LogP contribution in [0, 0.1) is 5.82 Å². The summed E-state index contributed by atoms with van der Waals surface area (Å²) in [5.41, 5.74) is 7.74. The van der Waals surface area contributed by atoms with Crippen LogP contribution in [0.4, 0.5) is 4.39 Å². The van der Waals surface area contributed by atoms with E-state index in [4.69, 9.17) is 5.73 Å². The van der Waals surface area contributed by atoms with Gasteiger partial charge in [0.05, 0.1) is 0 Å². The summed E-state index contributed by atoms with van der Waals surface area (Å²) in [6.45, 7) is 1.17. The van der Waals surface area contributed by atoms with E-state index >= 15 is 0 Å². The van der Waals surface area contributed by atoms with Crippen molar-refractivity contribution in [2.75, 3.05) is 25.1 Å². The zero-order valence-corrected chi connectivity index (χ0v) is 20.7. The summed E-state index contributed by atoms with van der Waals surface area (Å²) in [6, 6.07) is 14.3. The van der Waals surface area contributed by atoms with E-state index in [1.165, 1.54) is 17.0 Å². The number of sulfone groups is 1. The Morgan fingerprint density at radius 2 is 1.77 bits per heavy atom. The minimum atomic E-state index is -3.48. The van der Waals surface area contributed by atoms with E-state index in [1.807, 2.05) is 12.1 Å². The third-order valence-corrected chi connectivity index (χ3v) is 7.93. The predicted molar refractivity (Wildman–Crippen MR) is 132 cm³/mol. The Morgan fingerprint density at radius 1 is 1.09 bits per heavy atom. The van der Waals surface area contributed by atoms with Gasteiger partial charge in [0.1, 0.15) is 11.6 Å². The van der Waals surface area contributed by atoms with E-state index in [0.717, 1.165) is 37.5 Å². The summed E-state index contributed by atoms with van der Waals surface area (Å²) in [4.78, 5) is 28.4. The SMILES string of the molecule is CS(=O)(=O)CC(=O)N(CCN1[C@@H]2CC[C@H]1C[C@@H](c1cccc(C(N)=O)c1)C2)Cc1cccc(F)c1. The monoisotopic (exact) mass is 501 g/mol. The molecule has 0 radical (unpaired) electrons. The lowest BCUT2D eigenvalue weighted by Crippen LogP contribution is -2.47. The van der Waals surface area contributed by atoms with Gasteiger partial charge in [-0.3, -0.25) is 14.5 Å². The zero-order valence-electron chi connectivity index (χ0n) is 19.9. The molecule has 2 N–H and O–H groups in total. The largest absolute Gasteiger partial charge is 0.366 e. The smallest absolute Gasteiger partial charge is 0.248 e. The number of nitrogens with zero attached hydrogens (tertiary/aromatic N) is 2. The molecule has 0 spiro atoms. The van der Waals surface area contributed by atoms with Crippen LogP contribution >= 0.6 is 0 Å². The first kappa shape index (κ1) is 25.3. The average Bonchev–Trinajstić information content (AvgIpc) is 3.02. The highest BCUT2D eigenvalue weighted by Crippen LogP contribution is 2.43. The first-order chi connectivity index (χ1) is 16.6. The van der Waals surface area contributed by atoms with Crippen LogP contribution in [0.25, 0.3) is 0 Å². The number of fused-ring (bicyclic) bond motifs is 2. The average molecular weight is 502 g/mol. The highest BCUT2D eigenvalue weighted by atomic mass is 32.2. The second-order valence-corrected chi connectivity index (χ2v) is 11.9. The van der Waals surface area contributed by atoms with Gasteiger partial charge in [0, 0.05) is 43.5 Å². The standard InChI is InChI=1S/C26H32FN3O4S/c1-35(33,34)17-25(31)29(16-18-4-2-7-22(27)12-18)10-11-30-23-8-9-24(30)15-21(14-23)19-5-3-6-20(13-19)26(28)32/h2-7,12-13,21,23-24H,8-11,14-17H2,1H3,(H2,28,32)/t21-,23+,24-. The third kappa shape index (κ3) is 6.46. The minimum Gasteiger partial charge on any atom is -0.366 e. The first-order valence-corrected chi connectivity index (χ1v) is 14.0. The molecule has 0 unspecified atom stereocenters. The van der Waals surface area contributed by atoms with Crippen molar-refractivity contribution < 1.29 is 22.4 Å². The molecule has 2 aromatic rings. The predicted octanol–water partition coefficient (Wildman–Crippen LogP) is 2.71. The van der Waals surface area contributed by atoms with Crippen molar-refractivity contribution in [1.29, 1.82) is 0 Å². The molecule has 0 aromatic heterocycles.